The summed E-state index contributed by atoms with van der Waals surface area (Å²) in [4.78, 5) is 4.18. The molecule has 2 nitrogen and oxygen atoms in total. The molecule has 0 saturated carbocycles. The number of pyridine rings is 1. The predicted octanol–water partition coefficient (Wildman–Crippen LogP) is 3.62. The Bertz CT molecular complexity index is 717. The van der Waals surface area contributed by atoms with Crippen LogP contribution in [-0.4, -0.2) is 4.98 Å². The Labute approximate surface area is 104 Å². The Morgan fingerprint density at radius 2 is 1.78 bits per heavy atom. The van der Waals surface area contributed by atoms with Crippen LogP contribution in [0, 0.1) is 5.82 Å². The van der Waals surface area contributed by atoms with Gasteiger partial charge in [0.15, 0.2) is 0 Å². The van der Waals surface area contributed by atoms with Gasteiger partial charge in [-0.2, -0.15) is 0 Å². The molecule has 0 aliphatic rings. The van der Waals surface area contributed by atoms with Gasteiger partial charge in [-0.15, -0.1) is 0 Å². The van der Waals surface area contributed by atoms with Gasteiger partial charge in [-0.1, -0.05) is 24.3 Å². The lowest BCUT2D eigenvalue weighted by atomic mass is 9.99. The summed E-state index contributed by atoms with van der Waals surface area (Å²) in [7, 11) is 0. The van der Waals surface area contributed by atoms with Gasteiger partial charge in [0.2, 0.25) is 0 Å². The van der Waals surface area contributed by atoms with Crippen molar-refractivity contribution in [2.24, 2.45) is 0 Å². The van der Waals surface area contributed by atoms with Gasteiger partial charge in [-0.05, 0) is 23.6 Å². The highest BCUT2D eigenvalue weighted by Crippen LogP contribution is 2.31. The molecule has 0 unspecified atom stereocenters. The van der Waals surface area contributed by atoms with Crippen LogP contribution in [0.15, 0.2) is 54.9 Å². The van der Waals surface area contributed by atoms with Crippen LogP contribution in [0.2, 0.25) is 0 Å². The number of halogens is 1. The van der Waals surface area contributed by atoms with Gasteiger partial charge in [0.1, 0.15) is 5.82 Å². The molecule has 2 aromatic carbocycles. The van der Waals surface area contributed by atoms with E-state index in [9.17, 15) is 4.39 Å². The molecule has 0 saturated heterocycles. The van der Waals surface area contributed by atoms with E-state index in [0.717, 1.165) is 16.3 Å². The van der Waals surface area contributed by atoms with Crippen LogP contribution in [0.25, 0.3) is 21.9 Å². The van der Waals surface area contributed by atoms with Gasteiger partial charge in [-0.3, -0.25) is 4.98 Å². The van der Waals surface area contributed by atoms with E-state index in [2.05, 4.69) is 4.98 Å². The van der Waals surface area contributed by atoms with Crippen molar-refractivity contribution >= 4 is 16.5 Å². The highest BCUT2D eigenvalue weighted by Gasteiger charge is 2.08. The van der Waals surface area contributed by atoms with Gasteiger partial charge in [0.25, 0.3) is 0 Å². The fraction of sp³-hybridized carbons (Fsp3) is 0. The van der Waals surface area contributed by atoms with E-state index in [1.165, 1.54) is 12.1 Å². The first-order chi connectivity index (χ1) is 8.75. The number of benzene rings is 2. The second kappa shape index (κ2) is 4.11. The zero-order valence-corrected chi connectivity index (χ0v) is 9.60. The van der Waals surface area contributed by atoms with Crippen LogP contribution < -0.4 is 5.73 Å². The SMILES string of the molecule is Nc1ccc(F)cc1-c1cncc2ccccc12. The highest BCUT2D eigenvalue weighted by molar-refractivity contribution is 5.98. The lowest BCUT2D eigenvalue weighted by molar-refractivity contribution is 0.628. The number of nitrogens with zero attached hydrogens (tertiary/aromatic N) is 1. The Morgan fingerprint density at radius 3 is 2.67 bits per heavy atom. The summed E-state index contributed by atoms with van der Waals surface area (Å²) in [5.41, 5.74) is 8.00. The Kier molecular flexibility index (Phi) is 2.45. The van der Waals surface area contributed by atoms with E-state index >= 15 is 0 Å². The molecular weight excluding hydrogens is 227 g/mol. The third kappa shape index (κ3) is 1.70. The number of nitrogen functional groups attached to an aromatic ring is 1. The van der Waals surface area contributed by atoms with E-state index in [4.69, 9.17) is 5.73 Å². The van der Waals surface area contributed by atoms with Crippen molar-refractivity contribution in [1.29, 1.82) is 0 Å². The van der Waals surface area contributed by atoms with Crippen LogP contribution in [0.3, 0.4) is 0 Å². The van der Waals surface area contributed by atoms with E-state index in [0.29, 0.717) is 11.3 Å². The summed E-state index contributed by atoms with van der Waals surface area (Å²) >= 11 is 0. The fourth-order valence-electron chi connectivity index (χ4n) is 2.09. The molecule has 1 heterocycles. The van der Waals surface area contributed by atoms with Crippen LogP contribution in [0.5, 0.6) is 0 Å². The first kappa shape index (κ1) is 10.7. The zero-order chi connectivity index (χ0) is 12.5. The molecule has 3 rings (SSSR count). The highest BCUT2D eigenvalue weighted by atomic mass is 19.1. The molecule has 0 bridgehead atoms. The third-order valence-electron chi connectivity index (χ3n) is 2.97. The third-order valence-corrected chi connectivity index (χ3v) is 2.97. The van der Waals surface area contributed by atoms with E-state index in [1.807, 2.05) is 24.3 Å². The second-order valence-corrected chi connectivity index (χ2v) is 4.14. The van der Waals surface area contributed by atoms with Crippen LogP contribution >= 0.6 is 0 Å². The molecule has 0 atom stereocenters. The van der Waals surface area contributed by atoms with E-state index in [-0.39, 0.29) is 5.82 Å². The molecule has 0 aliphatic carbocycles. The summed E-state index contributed by atoms with van der Waals surface area (Å²) in [5, 5.41) is 2.03. The van der Waals surface area contributed by atoms with Gasteiger partial charge >= 0.3 is 0 Å². The van der Waals surface area contributed by atoms with E-state index in [1.54, 1.807) is 18.5 Å². The Morgan fingerprint density at radius 1 is 0.944 bits per heavy atom. The van der Waals surface area contributed by atoms with Crippen molar-refractivity contribution in [3.63, 3.8) is 0 Å². The minimum absolute atomic E-state index is 0.299. The molecule has 1 aromatic heterocycles. The standard InChI is InChI=1S/C15H11FN2/c16-11-5-6-15(17)13(7-11)14-9-18-8-10-3-1-2-4-12(10)14/h1-9H,17H2. The molecule has 2 N–H and O–H groups in total. The molecule has 3 aromatic rings. The fourth-order valence-corrected chi connectivity index (χ4v) is 2.09. The maximum atomic E-state index is 13.4. The number of anilines is 1. The number of hydrogen-bond donors (Lipinski definition) is 1. The predicted molar refractivity (Wildman–Crippen MR) is 71.5 cm³/mol. The smallest absolute Gasteiger partial charge is 0.123 e. The van der Waals surface area contributed by atoms with Crippen molar-refractivity contribution in [3.8, 4) is 11.1 Å². The largest absolute Gasteiger partial charge is 0.398 e. The van der Waals surface area contributed by atoms with Gasteiger partial charge in [0, 0.05) is 34.6 Å². The average Bonchev–Trinajstić information content (AvgIpc) is 2.41. The molecule has 0 amide bonds. The average molecular weight is 238 g/mol. The molecule has 0 aliphatic heterocycles. The summed E-state index contributed by atoms with van der Waals surface area (Å²) in [6.45, 7) is 0. The number of rotatable bonds is 1. The number of hydrogen-bond acceptors (Lipinski definition) is 2. The van der Waals surface area contributed by atoms with Crippen LogP contribution in [-0.2, 0) is 0 Å². The summed E-state index contributed by atoms with van der Waals surface area (Å²) in [6, 6.07) is 12.2. The summed E-state index contributed by atoms with van der Waals surface area (Å²) < 4.78 is 13.4. The van der Waals surface area contributed by atoms with Crippen molar-refractivity contribution < 1.29 is 4.39 Å². The quantitative estimate of drug-likeness (QED) is 0.657. The monoisotopic (exact) mass is 238 g/mol. The molecule has 0 radical (unpaired) electrons. The topological polar surface area (TPSA) is 38.9 Å². The lowest BCUT2D eigenvalue weighted by Crippen LogP contribution is -1.92. The van der Waals surface area contributed by atoms with Crippen molar-refractivity contribution in [3.05, 3.63) is 60.7 Å². The minimum atomic E-state index is -0.299. The van der Waals surface area contributed by atoms with Gasteiger partial charge in [0.05, 0.1) is 0 Å². The van der Waals surface area contributed by atoms with Crippen molar-refractivity contribution in [2.45, 2.75) is 0 Å². The molecule has 0 spiro atoms. The van der Waals surface area contributed by atoms with Crippen LogP contribution in [0.1, 0.15) is 0 Å². The van der Waals surface area contributed by atoms with E-state index < -0.39 is 0 Å². The maximum Gasteiger partial charge on any atom is 0.123 e. The van der Waals surface area contributed by atoms with Crippen molar-refractivity contribution in [1.82, 2.24) is 4.98 Å². The van der Waals surface area contributed by atoms with Crippen molar-refractivity contribution in [2.75, 3.05) is 5.73 Å². The molecule has 18 heavy (non-hydrogen) atoms. The Hall–Kier alpha value is -2.42. The summed E-state index contributed by atoms with van der Waals surface area (Å²) in [6.07, 6.45) is 3.50. The number of aromatic nitrogens is 1. The molecular formula is C15H11FN2. The number of nitrogens with two attached hydrogens (primary N) is 1. The molecule has 88 valence electrons. The van der Waals surface area contributed by atoms with Gasteiger partial charge in [-0.25, -0.2) is 4.39 Å². The first-order valence-corrected chi connectivity index (χ1v) is 5.64. The lowest BCUT2D eigenvalue weighted by Gasteiger charge is -2.09. The molecule has 0 fully saturated rings. The maximum absolute atomic E-state index is 13.4. The molecule has 3 heteroatoms. The normalized spacial score (nSPS) is 10.7. The first-order valence-electron chi connectivity index (χ1n) is 5.64. The summed E-state index contributed by atoms with van der Waals surface area (Å²) in [5.74, 6) is -0.299. The second-order valence-electron chi connectivity index (χ2n) is 4.14. The zero-order valence-electron chi connectivity index (χ0n) is 9.60. The number of fused-ring (bicyclic) bond motifs is 1. The Balaban J connectivity index is 2.35. The van der Waals surface area contributed by atoms with Crippen LogP contribution in [0.4, 0.5) is 10.1 Å². The van der Waals surface area contributed by atoms with Gasteiger partial charge < -0.3 is 5.73 Å². The minimum Gasteiger partial charge on any atom is -0.398 e.